The van der Waals surface area contributed by atoms with Crippen molar-refractivity contribution < 1.29 is 0 Å². The summed E-state index contributed by atoms with van der Waals surface area (Å²) in [5.74, 6) is 0. The Morgan fingerprint density at radius 2 is 1.56 bits per heavy atom. The van der Waals surface area contributed by atoms with E-state index in [1.807, 2.05) is 0 Å². The van der Waals surface area contributed by atoms with Crippen molar-refractivity contribution in [2.45, 2.75) is 77.3 Å². The molecule has 1 heteroatoms. The van der Waals surface area contributed by atoms with Crippen LogP contribution in [0.15, 0.2) is 0 Å². The fourth-order valence-corrected chi connectivity index (χ4v) is 7.90. The van der Waals surface area contributed by atoms with Gasteiger partial charge in [-0.1, -0.05) is 26.7 Å². The van der Waals surface area contributed by atoms with Crippen molar-refractivity contribution in [2.75, 3.05) is 19.0 Å². The molecular weight excluding hydrogens is 211 g/mol. The monoisotopic (exact) mass is 243 g/mol. The molecule has 1 heterocycles. The second-order valence-electron chi connectivity index (χ2n) is 5.90. The van der Waals surface area contributed by atoms with Gasteiger partial charge in [0.25, 0.3) is 0 Å². The zero-order valence-electron chi connectivity index (χ0n) is 11.8. The molecule has 1 aliphatic heterocycles. The molecule has 1 aliphatic rings. The molecule has 1 fully saturated rings. The molecule has 0 radical (unpaired) electrons. The smallest absolute Gasteiger partial charge is 0.0654 e. The maximum atomic E-state index is 2.69. The summed E-state index contributed by atoms with van der Waals surface area (Å²) >= 11 is 0. The van der Waals surface area contributed by atoms with Crippen LogP contribution >= 0.6 is 7.26 Å². The lowest BCUT2D eigenvalue weighted by Gasteiger charge is -2.30. The molecule has 16 heavy (non-hydrogen) atoms. The third-order valence-corrected chi connectivity index (χ3v) is 9.64. The summed E-state index contributed by atoms with van der Waals surface area (Å²) in [7, 11) is -0.557. The van der Waals surface area contributed by atoms with E-state index >= 15 is 0 Å². The quantitative estimate of drug-likeness (QED) is 0.423. The minimum absolute atomic E-state index is 0.557. The summed E-state index contributed by atoms with van der Waals surface area (Å²) in [6.07, 6.45) is 16.6. The first-order chi connectivity index (χ1) is 7.73. The maximum absolute atomic E-state index is 2.69. The normalized spacial score (nSPS) is 22.7. The predicted octanol–water partition coefficient (Wildman–Crippen LogP) is 5.57. The fraction of sp³-hybridized carbons (Fsp3) is 1.00. The molecule has 1 saturated heterocycles. The Hall–Kier alpha value is 0.430. The highest BCUT2D eigenvalue weighted by Gasteiger charge is 2.39. The first-order valence-electron chi connectivity index (χ1n) is 7.57. The predicted molar refractivity (Wildman–Crippen MR) is 79.3 cm³/mol. The van der Waals surface area contributed by atoms with Crippen LogP contribution in [0.5, 0.6) is 0 Å². The van der Waals surface area contributed by atoms with E-state index in [1.165, 1.54) is 57.8 Å². The summed E-state index contributed by atoms with van der Waals surface area (Å²) in [5, 5.41) is 0. The van der Waals surface area contributed by atoms with Crippen LogP contribution in [0.1, 0.15) is 71.6 Å². The van der Waals surface area contributed by atoms with Gasteiger partial charge in [-0.15, -0.1) is 0 Å². The third kappa shape index (κ3) is 4.36. The third-order valence-electron chi connectivity index (χ3n) is 4.58. The lowest BCUT2D eigenvalue weighted by atomic mass is 10.1. The zero-order valence-corrected chi connectivity index (χ0v) is 12.7. The van der Waals surface area contributed by atoms with E-state index in [9.17, 15) is 0 Å². The van der Waals surface area contributed by atoms with E-state index < -0.39 is 7.26 Å². The van der Waals surface area contributed by atoms with Gasteiger partial charge in [-0.25, -0.2) is 0 Å². The molecular formula is C15H32P+. The molecule has 0 aromatic heterocycles. The molecule has 1 rings (SSSR count). The summed E-state index contributed by atoms with van der Waals surface area (Å²) in [6, 6.07) is 0. The Morgan fingerprint density at radius 3 is 2.06 bits per heavy atom. The van der Waals surface area contributed by atoms with E-state index in [2.05, 4.69) is 20.5 Å². The fourth-order valence-electron chi connectivity index (χ4n) is 3.36. The molecule has 0 saturated carbocycles. The Labute approximate surface area is 104 Å². The van der Waals surface area contributed by atoms with Crippen molar-refractivity contribution in [3.05, 3.63) is 0 Å². The van der Waals surface area contributed by atoms with Crippen LogP contribution in [0, 0.1) is 0 Å². The van der Waals surface area contributed by atoms with Crippen LogP contribution in [0.4, 0.5) is 0 Å². The van der Waals surface area contributed by atoms with E-state index in [0.29, 0.717) is 0 Å². The van der Waals surface area contributed by atoms with Gasteiger partial charge in [-0.2, -0.15) is 0 Å². The van der Waals surface area contributed by atoms with Crippen LogP contribution in [-0.4, -0.2) is 24.6 Å². The summed E-state index contributed by atoms with van der Waals surface area (Å²) in [5.41, 5.74) is 1.11. The van der Waals surface area contributed by atoms with E-state index in [4.69, 9.17) is 0 Å². The van der Waals surface area contributed by atoms with E-state index in [-0.39, 0.29) is 0 Å². The summed E-state index contributed by atoms with van der Waals surface area (Å²) in [4.78, 5) is 0. The number of hydrogen-bond donors (Lipinski definition) is 0. The Balaban J connectivity index is 2.46. The average Bonchev–Trinajstić information content (AvgIpc) is 2.50. The minimum Gasteiger partial charge on any atom is -0.0654 e. The topological polar surface area (TPSA) is 0 Å². The molecule has 0 bridgehead atoms. The SMILES string of the molecule is CCCCCC(CC)[P+]1(C)CCCCCC1. The molecule has 0 aromatic rings. The van der Waals surface area contributed by atoms with Gasteiger partial charge in [0.15, 0.2) is 0 Å². The highest BCUT2D eigenvalue weighted by Crippen LogP contribution is 2.64. The highest BCUT2D eigenvalue weighted by atomic mass is 31.2. The van der Waals surface area contributed by atoms with Gasteiger partial charge in [-0.05, 0) is 44.9 Å². The zero-order chi connectivity index (χ0) is 11.9. The van der Waals surface area contributed by atoms with Crippen molar-refractivity contribution in [1.29, 1.82) is 0 Å². The molecule has 0 nitrogen and oxygen atoms in total. The van der Waals surface area contributed by atoms with Gasteiger partial charge in [0.1, 0.15) is 0 Å². The molecule has 0 spiro atoms. The van der Waals surface area contributed by atoms with Gasteiger partial charge >= 0.3 is 0 Å². The van der Waals surface area contributed by atoms with E-state index in [0.717, 1.165) is 5.66 Å². The minimum atomic E-state index is -0.557. The number of rotatable bonds is 6. The largest absolute Gasteiger partial charge is 0.0692 e. The number of unbranched alkanes of at least 4 members (excludes halogenated alkanes) is 2. The van der Waals surface area contributed by atoms with Gasteiger partial charge < -0.3 is 0 Å². The van der Waals surface area contributed by atoms with Crippen LogP contribution in [0.2, 0.25) is 0 Å². The van der Waals surface area contributed by atoms with E-state index in [1.54, 1.807) is 12.3 Å². The molecule has 1 unspecified atom stereocenters. The summed E-state index contributed by atoms with van der Waals surface area (Å²) < 4.78 is 0. The summed E-state index contributed by atoms with van der Waals surface area (Å²) in [6.45, 7) is 7.45. The van der Waals surface area contributed by atoms with Gasteiger partial charge in [0.05, 0.1) is 18.0 Å². The maximum Gasteiger partial charge on any atom is 0.0692 e. The molecule has 0 N–H and O–H groups in total. The second-order valence-corrected chi connectivity index (χ2v) is 10.5. The Kier molecular flexibility index (Phi) is 6.97. The van der Waals surface area contributed by atoms with Crippen molar-refractivity contribution in [1.82, 2.24) is 0 Å². The van der Waals surface area contributed by atoms with Gasteiger partial charge in [0.2, 0.25) is 0 Å². The van der Waals surface area contributed by atoms with Crippen molar-refractivity contribution in [3.63, 3.8) is 0 Å². The van der Waals surface area contributed by atoms with Gasteiger partial charge in [0, 0.05) is 13.9 Å². The average molecular weight is 243 g/mol. The molecule has 0 aliphatic carbocycles. The molecule has 0 amide bonds. The van der Waals surface area contributed by atoms with Crippen molar-refractivity contribution in [2.24, 2.45) is 0 Å². The Bertz CT molecular complexity index is 168. The second kappa shape index (κ2) is 7.70. The van der Waals surface area contributed by atoms with Crippen LogP contribution < -0.4 is 0 Å². The van der Waals surface area contributed by atoms with Crippen LogP contribution in [0.25, 0.3) is 0 Å². The molecule has 1 atom stereocenters. The van der Waals surface area contributed by atoms with Crippen molar-refractivity contribution >= 4 is 7.26 Å². The number of hydrogen-bond acceptors (Lipinski definition) is 0. The standard InChI is InChI=1S/C15H32P/c1-4-6-9-12-15(5-2)16(3)13-10-7-8-11-14-16/h15H,4-14H2,1-3H3/q+1. The first-order valence-corrected chi connectivity index (χ1v) is 10.2. The lowest BCUT2D eigenvalue weighted by Crippen LogP contribution is -2.17. The van der Waals surface area contributed by atoms with Crippen LogP contribution in [-0.2, 0) is 0 Å². The molecule has 0 aromatic carbocycles. The first kappa shape index (κ1) is 14.5. The van der Waals surface area contributed by atoms with Crippen molar-refractivity contribution in [3.8, 4) is 0 Å². The van der Waals surface area contributed by atoms with Crippen LogP contribution in [0.3, 0.4) is 0 Å². The highest BCUT2D eigenvalue weighted by molar-refractivity contribution is 7.75. The molecule has 96 valence electrons. The van der Waals surface area contributed by atoms with Gasteiger partial charge in [-0.3, -0.25) is 0 Å². The Morgan fingerprint density at radius 1 is 0.938 bits per heavy atom. The lowest BCUT2D eigenvalue weighted by molar-refractivity contribution is 0.625.